The van der Waals surface area contributed by atoms with Crippen LogP contribution in [0.3, 0.4) is 0 Å². The van der Waals surface area contributed by atoms with Gasteiger partial charge in [-0.2, -0.15) is 0 Å². The maximum atomic E-state index is 9.80. The summed E-state index contributed by atoms with van der Waals surface area (Å²) in [5, 5.41) is 1.12. The molecule has 3 heterocycles. The molecule has 52 heavy (non-hydrogen) atoms. The molecule has 0 saturated heterocycles. The third-order valence-corrected chi connectivity index (χ3v) is 10.1. The van der Waals surface area contributed by atoms with E-state index >= 15 is 0 Å². The van der Waals surface area contributed by atoms with Gasteiger partial charge >= 0.3 is 0 Å². The monoisotopic (exact) mass is 697 g/mol. The highest BCUT2D eigenvalue weighted by molar-refractivity contribution is 7.26. The van der Waals surface area contributed by atoms with E-state index in [1.165, 1.54) is 11.3 Å². The molecule has 0 atom stereocenters. The minimum atomic E-state index is -0.826. The molecule has 242 valence electrons. The maximum absolute atomic E-state index is 9.80. The Hall–Kier alpha value is -6.62. The number of fused-ring (bicyclic) bond motifs is 8. The van der Waals surface area contributed by atoms with Crippen molar-refractivity contribution in [2.75, 3.05) is 0 Å². The summed E-state index contributed by atoms with van der Waals surface area (Å²) in [5.74, 6) is -0.0798. The smallest absolute Gasteiger partial charge is 0.161 e. The Morgan fingerprint density at radius 2 is 1.23 bits per heavy atom. The lowest BCUT2D eigenvalue weighted by Gasteiger charge is -2.10. The zero-order valence-electron chi connectivity index (χ0n) is 43.6. The number of benzene rings is 8. The van der Waals surface area contributed by atoms with Gasteiger partial charge in [0.15, 0.2) is 5.82 Å². The number of furan rings is 1. The quantitative estimate of drug-likeness (QED) is 0.184. The fourth-order valence-corrected chi connectivity index (χ4v) is 7.71. The molecule has 0 unspecified atom stereocenters. The fourth-order valence-electron chi connectivity index (χ4n) is 6.56. The summed E-state index contributed by atoms with van der Waals surface area (Å²) in [4.78, 5) is 10.1. The van der Waals surface area contributed by atoms with Gasteiger partial charge in [-0.25, -0.2) is 9.97 Å². The standard InChI is InChI=1S/C48H28N2OS/c1-2-10-29(11-3-1)31-20-21-33-27-34(23-22-32(33)26-31)35-24-25-41-40(28-35)44-39(17-9-18-42(44)51-41)48-49-45(37-16-8-13-30-12-4-5-14-36(30)37)47-46(50-48)38-15-6-7-19-43(38)52-47/h1-28H/i1D,2D,3D,9D,10D,11D,17D,18D,20D,21D,22D,23D,24D,25D,26D,27D,28D. The minimum Gasteiger partial charge on any atom is -0.456 e. The van der Waals surface area contributed by atoms with Gasteiger partial charge in [-0.15, -0.1) is 11.3 Å². The predicted octanol–water partition coefficient (Wildman–Crippen LogP) is 13.7. The number of aromatic nitrogens is 2. The first-order chi connectivity index (χ1) is 32.9. The van der Waals surface area contributed by atoms with E-state index in [0.717, 1.165) is 31.1 Å². The maximum Gasteiger partial charge on any atom is 0.161 e. The summed E-state index contributed by atoms with van der Waals surface area (Å²) >= 11 is 1.47. The molecule has 4 heteroatoms. The van der Waals surface area contributed by atoms with E-state index in [9.17, 15) is 9.60 Å². The van der Waals surface area contributed by atoms with Gasteiger partial charge in [0, 0.05) is 32.0 Å². The van der Waals surface area contributed by atoms with Gasteiger partial charge in [0.05, 0.1) is 39.2 Å². The number of rotatable bonds is 4. The van der Waals surface area contributed by atoms with Crippen LogP contribution in [-0.2, 0) is 0 Å². The second kappa shape index (κ2) is 11.5. The minimum absolute atomic E-state index is 0.0798. The van der Waals surface area contributed by atoms with Crippen LogP contribution in [0.2, 0.25) is 0 Å². The van der Waals surface area contributed by atoms with E-state index in [0.29, 0.717) is 11.2 Å². The predicted molar refractivity (Wildman–Crippen MR) is 219 cm³/mol. The molecule has 11 aromatic rings. The van der Waals surface area contributed by atoms with E-state index in [1.54, 1.807) is 0 Å². The summed E-state index contributed by atoms with van der Waals surface area (Å²) in [7, 11) is 0. The Kier molecular flexibility index (Phi) is 3.76. The molecular weight excluding hydrogens is 653 g/mol. The topological polar surface area (TPSA) is 38.9 Å². The third-order valence-electron chi connectivity index (χ3n) is 8.94. The molecule has 0 aliphatic rings. The second-order valence-electron chi connectivity index (χ2n) is 12.0. The first kappa shape index (κ1) is 17.1. The zero-order chi connectivity index (χ0) is 49.0. The van der Waals surface area contributed by atoms with Crippen molar-refractivity contribution >= 4 is 75.1 Å². The lowest BCUT2D eigenvalue weighted by Crippen LogP contribution is -1.94. The highest BCUT2D eigenvalue weighted by Gasteiger charge is 2.21. The van der Waals surface area contributed by atoms with Crippen LogP contribution in [0.1, 0.15) is 23.3 Å². The molecule has 0 radical (unpaired) electrons. The van der Waals surface area contributed by atoms with Crippen LogP contribution < -0.4 is 0 Å². The van der Waals surface area contributed by atoms with E-state index in [2.05, 4.69) is 0 Å². The van der Waals surface area contributed by atoms with Crippen LogP contribution in [0, 0.1) is 0 Å². The number of thiophene rings is 1. The summed E-state index contributed by atoms with van der Waals surface area (Å²) in [6.45, 7) is 0. The van der Waals surface area contributed by atoms with E-state index in [1.807, 2.05) is 66.7 Å². The lowest BCUT2D eigenvalue weighted by atomic mass is 9.96. The third kappa shape index (κ3) is 4.58. The Bertz CT molecular complexity index is 4150. The molecule has 8 aromatic carbocycles. The summed E-state index contributed by atoms with van der Waals surface area (Å²) < 4.78 is 160. The number of nitrogens with zero attached hydrogens (tertiary/aromatic N) is 2. The highest BCUT2D eigenvalue weighted by Crippen LogP contribution is 2.43. The van der Waals surface area contributed by atoms with Crippen LogP contribution in [-0.4, -0.2) is 9.97 Å². The molecule has 0 aliphatic carbocycles. The average Bonchev–Trinajstić information content (AvgIpc) is 3.93. The molecular formula is C48H28N2OS. The molecule has 3 nitrogen and oxygen atoms in total. The van der Waals surface area contributed by atoms with E-state index in [-0.39, 0.29) is 27.7 Å². The summed E-state index contributed by atoms with van der Waals surface area (Å²) in [5.41, 5.74) is -1.42. The van der Waals surface area contributed by atoms with E-state index < -0.39 is 141 Å². The second-order valence-corrected chi connectivity index (χ2v) is 13.0. The van der Waals surface area contributed by atoms with Crippen LogP contribution in [0.5, 0.6) is 0 Å². The first-order valence-corrected chi connectivity index (χ1v) is 16.9. The van der Waals surface area contributed by atoms with Crippen molar-refractivity contribution in [2.24, 2.45) is 0 Å². The Morgan fingerprint density at radius 1 is 0.500 bits per heavy atom. The largest absolute Gasteiger partial charge is 0.456 e. The molecule has 0 N–H and O–H groups in total. The van der Waals surface area contributed by atoms with Crippen LogP contribution in [0.15, 0.2) is 174 Å². The molecule has 0 spiro atoms. The number of hydrogen-bond donors (Lipinski definition) is 0. The Morgan fingerprint density at radius 3 is 2.10 bits per heavy atom. The van der Waals surface area contributed by atoms with Gasteiger partial charge in [0.2, 0.25) is 0 Å². The van der Waals surface area contributed by atoms with Crippen molar-refractivity contribution in [2.45, 2.75) is 0 Å². The van der Waals surface area contributed by atoms with Crippen molar-refractivity contribution in [3.05, 3.63) is 169 Å². The molecule has 11 rings (SSSR count). The lowest BCUT2D eigenvalue weighted by molar-refractivity contribution is 0.669. The van der Waals surface area contributed by atoms with Crippen LogP contribution >= 0.6 is 11.3 Å². The zero-order valence-corrected chi connectivity index (χ0v) is 27.4. The van der Waals surface area contributed by atoms with E-state index in [4.69, 9.17) is 28.1 Å². The van der Waals surface area contributed by atoms with Crippen molar-refractivity contribution in [1.29, 1.82) is 0 Å². The van der Waals surface area contributed by atoms with Gasteiger partial charge in [0.25, 0.3) is 0 Å². The fraction of sp³-hybridized carbons (Fsp3) is 0. The van der Waals surface area contributed by atoms with Gasteiger partial charge < -0.3 is 4.42 Å². The highest BCUT2D eigenvalue weighted by atomic mass is 32.1. The van der Waals surface area contributed by atoms with Gasteiger partial charge in [-0.05, 0) is 80.1 Å². The van der Waals surface area contributed by atoms with Gasteiger partial charge in [-0.3, -0.25) is 0 Å². The van der Waals surface area contributed by atoms with Crippen LogP contribution in [0.4, 0.5) is 0 Å². The molecule has 0 fully saturated rings. The SMILES string of the molecule is [2H]c1c([2H])c([2H])c(-c2c([2H])c([2H])c3c([2H])c(-c4c([2H])c([2H])c5oc6c([2H])c([2H])c([2H])c(-c7nc(-c8cccc9ccccc89)c8sc9ccccc9c8n7)c6c5c4[2H])c([2H])c([2H])c3c2[2H])c([2H])c1[2H]. The van der Waals surface area contributed by atoms with Gasteiger partial charge in [0.1, 0.15) is 11.2 Å². The van der Waals surface area contributed by atoms with Crippen molar-refractivity contribution in [3.8, 4) is 44.9 Å². The average molecular weight is 698 g/mol. The first-order valence-electron chi connectivity index (χ1n) is 24.6. The van der Waals surface area contributed by atoms with Gasteiger partial charge in [-0.1, -0.05) is 133 Å². The normalized spacial score (nSPS) is 16.4. The summed E-state index contributed by atoms with van der Waals surface area (Å²) in [6, 6.07) is 8.76. The molecule has 0 bridgehead atoms. The molecule has 0 saturated carbocycles. The number of hydrogen-bond acceptors (Lipinski definition) is 4. The Balaban J connectivity index is 1.24. The molecule has 0 aliphatic heterocycles. The van der Waals surface area contributed by atoms with Crippen molar-refractivity contribution in [3.63, 3.8) is 0 Å². The molecule has 3 aromatic heterocycles. The van der Waals surface area contributed by atoms with Crippen LogP contribution in [0.25, 0.3) is 109 Å². The van der Waals surface area contributed by atoms with Crippen molar-refractivity contribution < 1.29 is 27.7 Å². The summed E-state index contributed by atoms with van der Waals surface area (Å²) in [6.07, 6.45) is 0. The Labute approximate surface area is 327 Å². The van der Waals surface area contributed by atoms with Crippen molar-refractivity contribution in [1.82, 2.24) is 9.97 Å². The molecule has 0 amide bonds.